The molecule has 0 aliphatic rings. The minimum atomic E-state index is -1.63. The molecule has 0 aromatic heterocycles. The number of aliphatic carboxylic acids is 1. The van der Waals surface area contributed by atoms with Gasteiger partial charge in [0.1, 0.15) is 13.2 Å². The van der Waals surface area contributed by atoms with Crippen molar-refractivity contribution in [3.8, 4) is 0 Å². The zero-order chi connectivity index (χ0) is 56.2. The summed E-state index contributed by atoms with van der Waals surface area (Å²) in [5.41, 5.74) is 0. The third-order valence-corrected chi connectivity index (χ3v) is 13.3. The number of ether oxygens (including phenoxy) is 4. The van der Waals surface area contributed by atoms with E-state index in [0.717, 1.165) is 96.3 Å². The largest absolute Gasteiger partial charge is 0.545 e. The fourth-order valence-corrected chi connectivity index (χ4v) is 8.58. The second kappa shape index (κ2) is 58.4. The highest BCUT2D eigenvalue weighted by atomic mass is 16.7. The summed E-state index contributed by atoms with van der Waals surface area (Å²) in [7, 11) is 5.92. The van der Waals surface area contributed by atoms with E-state index >= 15 is 0 Å². The fourth-order valence-electron chi connectivity index (χ4n) is 8.58. The molecule has 0 saturated heterocycles. The van der Waals surface area contributed by atoms with Crippen LogP contribution in [0.3, 0.4) is 0 Å². The van der Waals surface area contributed by atoms with Gasteiger partial charge in [0.15, 0.2) is 12.4 Å². The Bertz CT molecular complexity index is 1580. The van der Waals surface area contributed by atoms with E-state index in [4.69, 9.17) is 18.9 Å². The van der Waals surface area contributed by atoms with Crippen LogP contribution in [0.25, 0.3) is 0 Å². The Morgan fingerprint density at radius 3 is 1.04 bits per heavy atom. The zero-order valence-electron chi connectivity index (χ0n) is 50.3. The topological polar surface area (TPSA) is 111 Å². The number of unbranched alkanes of at least 4 members (excludes halogenated alkanes) is 26. The third-order valence-electron chi connectivity index (χ3n) is 13.3. The molecule has 0 bridgehead atoms. The average molecular weight is 1080 g/mol. The monoisotopic (exact) mass is 1080 g/mol. The van der Waals surface area contributed by atoms with E-state index in [2.05, 4.69) is 111 Å². The van der Waals surface area contributed by atoms with Crippen LogP contribution >= 0.6 is 0 Å². The molecule has 0 aromatic carbocycles. The van der Waals surface area contributed by atoms with Gasteiger partial charge in [-0.1, -0.05) is 252 Å². The second-order valence-electron chi connectivity index (χ2n) is 21.9. The number of rotatable bonds is 57. The van der Waals surface area contributed by atoms with Gasteiger partial charge >= 0.3 is 11.9 Å². The van der Waals surface area contributed by atoms with Gasteiger partial charge < -0.3 is 33.3 Å². The molecule has 0 fully saturated rings. The number of allylic oxidation sites excluding steroid dienone is 16. The molecule has 0 heterocycles. The second-order valence-corrected chi connectivity index (χ2v) is 21.9. The number of carbonyl (C=O) groups is 3. The first kappa shape index (κ1) is 73.2. The Kier molecular flexibility index (Phi) is 55.5. The van der Waals surface area contributed by atoms with Crippen LogP contribution in [0.5, 0.6) is 0 Å². The number of carbonyl (C=O) groups excluding carboxylic acids is 3. The van der Waals surface area contributed by atoms with E-state index in [1.807, 2.05) is 21.1 Å². The van der Waals surface area contributed by atoms with Crippen LogP contribution in [-0.4, -0.2) is 82.3 Å². The quantitative estimate of drug-likeness (QED) is 0.0195. The molecule has 0 spiro atoms. The standard InChI is InChI=1S/C68H117NO8/c1-6-8-10-12-14-16-18-20-22-24-26-28-30-31-32-33-34-35-37-39-41-43-45-47-49-51-53-55-57-59-66(71)77-64(63-76-68(67(72)73)74-61-60-69(3,4)5)62-75-65(70)58-56-54-52-50-48-46-44-42-40-38-36-29-27-25-23-21-19-17-15-13-11-9-7-2/h8-11,14-17,20-23,26-29,64,68H,6-7,12-13,18-19,24-25,30-63H2,1-5H3/b10-8-,11-9-,16-14-,17-15-,22-20-,23-21-,28-26-,29-27-. The lowest BCUT2D eigenvalue weighted by molar-refractivity contribution is -0.870. The van der Waals surface area contributed by atoms with Crippen molar-refractivity contribution in [3.63, 3.8) is 0 Å². The summed E-state index contributed by atoms with van der Waals surface area (Å²) in [4.78, 5) is 37.4. The van der Waals surface area contributed by atoms with Gasteiger partial charge in [-0.15, -0.1) is 0 Å². The molecule has 77 heavy (non-hydrogen) atoms. The molecule has 0 rings (SSSR count). The van der Waals surface area contributed by atoms with Crippen molar-refractivity contribution in [1.29, 1.82) is 0 Å². The Morgan fingerprint density at radius 1 is 0.390 bits per heavy atom. The highest BCUT2D eigenvalue weighted by Crippen LogP contribution is 2.17. The Labute approximate surface area is 473 Å². The van der Waals surface area contributed by atoms with Crippen molar-refractivity contribution in [1.82, 2.24) is 0 Å². The first-order valence-corrected chi connectivity index (χ1v) is 31.4. The van der Waals surface area contributed by atoms with Gasteiger partial charge in [-0.2, -0.15) is 0 Å². The highest BCUT2D eigenvalue weighted by Gasteiger charge is 2.22. The number of esters is 2. The molecule has 2 unspecified atom stereocenters. The van der Waals surface area contributed by atoms with Crippen LogP contribution in [0.2, 0.25) is 0 Å². The number of carboxylic acid groups (broad SMARTS) is 1. The number of likely N-dealkylation sites (N-methyl/N-ethyl adjacent to an activating group) is 1. The first-order chi connectivity index (χ1) is 37.6. The normalized spacial score (nSPS) is 13.4. The Morgan fingerprint density at radius 2 is 0.701 bits per heavy atom. The molecule has 9 nitrogen and oxygen atoms in total. The molecule has 9 heteroatoms. The summed E-state index contributed by atoms with van der Waals surface area (Å²) in [6.07, 6.45) is 76.0. The number of carboxylic acids is 1. The van der Waals surface area contributed by atoms with E-state index in [1.165, 1.54) is 128 Å². The summed E-state index contributed by atoms with van der Waals surface area (Å²) in [6, 6.07) is 0. The lowest BCUT2D eigenvalue weighted by Crippen LogP contribution is -2.44. The fraction of sp³-hybridized carbons (Fsp3) is 0.721. The van der Waals surface area contributed by atoms with Crippen LogP contribution in [0.15, 0.2) is 97.2 Å². The van der Waals surface area contributed by atoms with E-state index in [9.17, 15) is 19.5 Å². The summed E-state index contributed by atoms with van der Waals surface area (Å²) >= 11 is 0. The number of hydrogen-bond acceptors (Lipinski definition) is 8. The maximum Gasteiger partial charge on any atom is 0.306 e. The van der Waals surface area contributed by atoms with Gasteiger partial charge in [0.2, 0.25) is 0 Å². The van der Waals surface area contributed by atoms with E-state index in [-0.39, 0.29) is 38.6 Å². The van der Waals surface area contributed by atoms with Gasteiger partial charge in [0, 0.05) is 12.8 Å². The molecule has 0 N–H and O–H groups in total. The number of quaternary nitrogens is 1. The van der Waals surface area contributed by atoms with Crippen molar-refractivity contribution < 1.29 is 42.9 Å². The molecule has 0 amide bonds. The zero-order valence-corrected chi connectivity index (χ0v) is 50.3. The molecular formula is C68H117NO8. The van der Waals surface area contributed by atoms with Crippen LogP contribution in [-0.2, 0) is 33.3 Å². The Hall–Kier alpha value is -3.79. The minimum absolute atomic E-state index is 0.144. The van der Waals surface area contributed by atoms with Crippen LogP contribution < -0.4 is 5.11 Å². The van der Waals surface area contributed by atoms with E-state index in [1.54, 1.807) is 0 Å². The van der Waals surface area contributed by atoms with Crippen LogP contribution in [0.1, 0.15) is 258 Å². The molecule has 442 valence electrons. The van der Waals surface area contributed by atoms with Crippen molar-refractivity contribution in [2.45, 2.75) is 270 Å². The van der Waals surface area contributed by atoms with Crippen molar-refractivity contribution in [2.75, 3.05) is 47.5 Å². The molecule has 0 saturated carbocycles. The maximum atomic E-state index is 12.9. The predicted molar refractivity (Wildman–Crippen MR) is 324 cm³/mol. The van der Waals surface area contributed by atoms with Crippen molar-refractivity contribution in [3.05, 3.63) is 97.2 Å². The molecule has 2 atom stereocenters. The predicted octanol–water partition coefficient (Wildman–Crippen LogP) is 17.6. The lowest BCUT2D eigenvalue weighted by atomic mass is 10.0. The van der Waals surface area contributed by atoms with Gasteiger partial charge in [-0.3, -0.25) is 9.59 Å². The lowest BCUT2D eigenvalue weighted by Gasteiger charge is -2.26. The maximum absolute atomic E-state index is 12.9. The summed E-state index contributed by atoms with van der Waals surface area (Å²) in [5.74, 6) is -2.29. The first-order valence-electron chi connectivity index (χ1n) is 31.4. The van der Waals surface area contributed by atoms with E-state index < -0.39 is 24.3 Å². The molecule has 0 aliphatic carbocycles. The van der Waals surface area contributed by atoms with Crippen LogP contribution in [0, 0.1) is 0 Å². The molecule has 0 aromatic rings. The third kappa shape index (κ3) is 59.7. The van der Waals surface area contributed by atoms with Crippen molar-refractivity contribution >= 4 is 17.9 Å². The minimum Gasteiger partial charge on any atom is -0.545 e. The number of nitrogens with zero attached hydrogens (tertiary/aromatic N) is 1. The van der Waals surface area contributed by atoms with Gasteiger partial charge in [0.25, 0.3) is 0 Å². The summed E-state index contributed by atoms with van der Waals surface area (Å²) in [5, 5.41) is 11.8. The van der Waals surface area contributed by atoms with E-state index in [0.29, 0.717) is 17.4 Å². The van der Waals surface area contributed by atoms with Crippen molar-refractivity contribution in [2.24, 2.45) is 0 Å². The van der Waals surface area contributed by atoms with Gasteiger partial charge in [0.05, 0.1) is 40.3 Å². The van der Waals surface area contributed by atoms with Crippen LogP contribution in [0.4, 0.5) is 0 Å². The number of hydrogen-bond donors (Lipinski definition) is 0. The van der Waals surface area contributed by atoms with Gasteiger partial charge in [-0.05, 0) is 89.9 Å². The summed E-state index contributed by atoms with van der Waals surface area (Å²) < 4.78 is 22.8. The Balaban J connectivity index is 4.18. The molecular weight excluding hydrogens is 959 g/mol. The summed E-state index contributed by atoms with van der Waals surface area (Å²) in [6.45, 7) is 4.53. The van der Waals surface area contributed by atoms with Gasteiger partial charge in [-0.25, -0.2) is 0 Å². The SMILES string of the molecule is CC/C=C\C/C=C\C/C=C\C/C=C\CCCCCCCCCCCCCCCCCCC(=O)OC(COC(=O)CCCCCCCCCCCC/C=C\C/C=C\C/C=C\C/C=C\CC)COC(OCC[N+](C)(C)C)C(=O)[O-]. The molecule has 0 radical (unpaired) electrons. The molecule has 0 aliphatic heterocycles. The average Bonchev–Trinajstić information content (AvgIpc) is 3.40. The smallest absolute Gasteiger partial charge is 0.306 e. The highest BCUT2D eigenvalue weighted by molar-refractivity contribution is 5.70.